The van der Waals surface area contributed by atoms with Crippen LogP contribution in [0.25, 0.3) is 0 Å². The molecule has 2 fully saturated rings. The third-order valence-electron chi connectivity index (χ3n) is 4.13. The summed E-state index contributed by atoms with van der Waals surface area (Å²) in [7, 11) is 0. The fraction of sp³-hybridized carbons (Fsp3) is 0.857. The van der Waals surface area contributed by atoms with Crippen molar-refractivity contribution in [2.75, 3.05) is 13.2 Å². The van der Waals surface area contributed by atoms with E-state index in [4.69, 9.17) is 14.2 Å². The molecule has 0 aliphatic carbocycles. The molecule has 0 bridgehead atoms. The van der Waals surface area contributed by atoms with E-state index in [1.807, 2.05) is 0 Å². The number of rotatable bonds is 5. The normalized spacial score (nSPS) is 45.2. The molecule has 0 aromatic rings. The third-order valence-corrected chi connectivity index (χ3v) is 4.13. The standard InChI is InChI=1S/C14H24NO10/c1-6(18)15-14(22)5-23-9(4-17)12(13(14)21)25-10-2-7(19)11(20)8(3-16)24-10/h5,7-13,16-17,19-22H,2-4H2,1H3,(H,15,18)/t7-,8-,9-,10+,11-,12-,13+,14+/m1/s1. The first-order valence-corrected chi connectivity index (χ1v) is 7.79. The molecular formula is C14H24NO10. The Morgan fingerprint density at radius 2 is 1.92 bits per heavy atom. The molecule has 0 aromatic heterocycles. The number of amides is 1. The van der Waals surface area contributed by atoms with Crippen molar-refractivity contribution in [3.05, 3.63) is 6.61 Å². The quantitative estimate of drug-likeness (QED) is 0.237. The van der Waals surface area contributed by atoms with Gasteiger partial charge in [0.05, 0.1) is 19.3 Å². The molecule has 2 heterocycles. The van der Waals surface area contributed by atoms with E-state index in [0.717, 1.165) is 13.5 Å². The first kappa shape index (κ1) is 20.4. The number of nitrogens with one attached hydrogen (secondary N) is 1. The summed E-state index contributed by atoms with van der Waals surface area (Å²) in [5.74, 6) is -0.643. The second-order valence-electron chi connectivity index (χ2n) is 6.11. The molecule has 0 aromatic carbocycles. The van der Waals surface area contributed by atoms with Crippen LogP contribution in [0, 0.1) is 6.61 Å². The molecule has 145 valence electrons. The SMILES string of the molecule is CC(=O)N[C@]1(O)[CH]O[C@H](CO)[C@@H](O[C@H]2C[C@@H](O)[C@@H](O)[C@@H](CO)O2)[C@@H]1O. The van der Waals surface area contributed by atoms with Crippen LogP contribution >= 0.6 is 0 Å². The Kier molecular flexibility index (Phi) is 6.70. The van der Waals surface area contributed by atoms with Gasteiger partial charge in [0.15, 0.2) is 12.0 Å². The molecule has 2 aliphatic heterocycles. The minimum absolute atomic E-state index is 0.179. The van der Waals surface area contributed by atoms with Crippen LogP contribution in [0.1, 0.15) is 13.3 Å². The molecule has 1 amide bonds. The molecule has 11 nitrogen and oxygen atoms in total. The number of hydrogen-bond donors (Lipinski definition) is 7. The van der Waals surface area contributed by atoms with Crippen LogP contribution in [0.4, 0.5) is 0 Å². The highest BCUT2D eigenvalue weighted by molar-refractivity contribution is 5.73. The predicted octanol–water partition coefficient (Wildman–Crippen LogP) is -4.06. The van der Waals surface area contributed by atoms with Crippen molar-refractivity contribution in [2.24, 2.45) is 0 Å². The number of aliphatic hydroxyl groups excluding tert-OH is 5. The molecule has 2 aliphatic rings. The Bertz CT molecular complexity index is 465. The fourth-order valence-corrected chi connectivity index (χ4v) is 2.82. The Balaban J connectivity index is 2.12. The first-order valence-electron chi connectivity index (χ1n) is 7.79. The van der Waals surface area contributed by atoms with Gasteiger partial charge in [-0.1, -0.05) is 0 Å². The number of carbonyl (C=O) groups excluding carboxylic acids is 1. The van der Waals surface area contributed by atoms with E-state index in [0.29, 0.717) is 0 Å². The molecule has 0 spiro atoms. The molecular weight excluding hydrogens is 342 g/mol. The lowest BCUT2D eigenvalue weighted by molar-refractivity contribution is -0.312. The third kappa shape index (κ3) is 4.45. The fourth-order valence-electron chi connectivity index (χ4n) is 2.82. The van der Waals surface area contributed by atoms with E-state index in [1.165, 1.54) is 0 Å². The van der Waals surface area contributed by atoms with Gasteiger partial charge in [0, 0.05) is 13.3 Å². The molecule has 2 saturated heterocycles. The summed E-state index contributed by atoms with van der Waals surface area (Å²) in [6.07, 6.45) is -9.13. The Morgan fingerprint density at radius 1 is 1.28 bits per heavy atom. The number of aliphatic hydroxyl groups is 6. The van der Waals surface area contributed by atoms with Gasteiger partial charge in [-0.2, -0.15) is 0 Å². The smallest absolute Gasteiger partial charge is 0.219 e. The van der Waals surface area contributed by atoms with Crippen LogP contribution < -0.4 is 5.32 Å². The van der Waals surface area contributed by atoms with E-state index in [-0.39, 0.29) is 6.42 Å². The molecule has 8 atom stereocenters. The number of ether oxygens (including phenoxy) is 3. The monoisotopic (exact) mass is 366 g/mol. The first-order chi connectivity index (χ1) is 11.7. The zero-order valence-electron chi connectivity index (χ0n) is 13.6. The van der Waals surface area contributed by atoms with E-state index in [2.05, 4.69) is 5.32 Å². The van der Waals surface area contributed by atoms with Gasteiger partial charge in [-0.05, 0) is 0 Å². The average molecular weight is 366 g/mol. The minimum Gasteiger partial charge on any atom is -0.394 e. The van der Waals surface area contributed by atoms with Crippen LogP contribution in [0.15, 0.2) is 0 Å². The van der Waals surface area contributed by atoms with E-state index in [9.17, 15) is 35.4 Å². The van der Waals surface area contributed by atoms with Gasteiger partial charge >= 0.3 is 0 Å². The van der Waals surface area contributed by atoms with Crippen molar-refractivity contribution in [3.63, 3.8) is 0 Å². The van der Waals surface area contributed by atoms with Gasteiger partial charge in [0.1, 0.15) is 37.1 Å². The van der Waals surface area contributed by atoms with Crippen LogP contribution in [-0.4, -0.2) is 98.4 Å². The van der Waals surface area contributed by atoms with Crippen LogP contribution in [0.5, 0.6) is 0 Å². The maximum Gasteiger partial charge on any atom is 0.219 e. The number of hydrogen-bond acceptors (Lipinski definition) is 10. The van der Waals surface area contributed by atoms with Gasteiger partial charge in [-0.3, -0.25) is 4.79 Å². The Morgan fingerprint density at radius 3 is 2.48 bits per heavy atom. The lowest BCUT2D eigenvalue weighted by atomic mass is 9.94. The van der Waals surface area contributed by atoms with Crippen molar-refractivity contribution >= 4 is 5.91 Å². The highest BCUT2D eigenvalue weighted by atomic mass is 16.7. The van der Waals surface area contributed by atoms with Gasteiger partial charge in [-0.15, -0.1) is 0 Å². The predicted molar refractivity (Wildman–Crippen MR) is 78.3 cm³/mol. The second-order valence-corrected chi connectivity index (χ2v) is 6.11. The lowest BCUT2D eigenvalue weighted by Crippen LogP contribution is -2.68. The molecule has 0 saturated carbocycles. The van der Waals surface area contributed by atoms with Crippen LogP contribution in [0.2, 0.25) is 0 Å². The van der Waals surface area contributed by atoms with E-state index < -0.39 is 67.8 Å². The molecule has 0 unspecified atom stereocenters. The Hall–Kier alpha value is -0.890. The maximum absolute atomic E-state index is 11.2. The van der Waals surface area contributed by atoms with Crippen molar-refractivity contribution in [1.29, 1.82) is 0 Å². The summed E-state index contributed by atoms with van der Waals surface area (Å²) in [4.78, 5) is 11.2. The lowest BCUT2D eigenvalue weighted by Gasteiger charge is -2.46. The van der Waals surface area contributed by atoms with Crippen molar-refractivity contribution in [3.8, 4) is 0 Å². The second kappa shape index (κ2) is 8.20. The van der Waals surface area contributed by atoms with Crippen LogP contribution in [0.3, 0.4) is 0 Å². The van der Waals surface area contributed by atoms with Gasteiger partial charge in [0.2, 0.25) is 5.91 Å². The molecule has 11 heteroatoms. The molecule has 7 N–H and O–H groups in total. The summed E-state index contributed by atoms with van der Waals surface area (Å²) < 4.78 is 15.9. The summed E-state index contributed by atoms with van der Waals surface area (Å²) in [5, 5.41) is 60.9. The van der Waals surface area contributed by atoms with Crippen molar-refractivity contribution in [2.45, 2.75) is 62.0 Å². The number of carbonyl (C=O) groups is 1. The zero-order valence-corrected chi connectivity index (χ0v) is 13.6. The zero-order chi connectivity index (χ0) is 18.8. The van der Waals surface area contributed by atoms with Crippen molar-refractivity contribution < 1.29 is 49.6 Å². The summed E-state index contributed by atoms with van der Waals surface area (Å²) >= 11 is 0. The average Bonchev–Trinajstić information content (AvgIpc) is 2.54. The van der Waals surface area contributed by atoms with Gasteiger partial charge in [0.25, 0.3) is 0 Å². The largest absolute Gasteiger partial charge is 0.394 e. The highest BCUT2D eigenvalue weighted by Crippen LogP contribution is 2.31. The van der Waals surface area contributed by atoms with Crippen molar-refractivity contribution in [1.82, 2.24) is 5.32 Å². The van der Waals surface area contributed by atoms with Gasteiger partial charge < -0.3 is 50.2 Å². The molecule has 1 radical (unpaired) electrons. The van der Waals surface area contributed by atoms with E-state index >= 15 is 0 Å². The van der Waals surface area contributed by atoms with Gasteiger partial charge in [-0.25, -0.2) is 0 Å². The summed E-state index contributed by atoms with van der Waals surface area (Å²) in [6.45, 7) is 0.765. The summed E-state index contributed by atoms with van der Waals surface area (Å²) in [6, 6.07) is 0. The molecule has 2 rings (SSSR count). The summed E-state index contributed by atoms with van der Waals surface area (Å²) in [5.41, 5.74) is -2.26. The maximum atomic E-state index is 11.2. The topological polar surface area (TPSA) is 178 Å². The minimum atomic E-state index is -2.26. The van der Waals surface area contributed by atoms with Crippen LogP contribution in [-0.2, 0) is 19.0 Å². The van der Waals surface area contributed by atoms with E-state index in [1.54, 1.807) is 0 Å². The molecule has 25 heavy (non-hydrogen) atoms. The highest BCUT2D eigenvalue weighted by Gasteiger charge is 2.52. The Labute approximate surface area is 143 Å².